The lowest BCUT2D eigenvalue weighted by molar-refractivity contribution is -0.115. The molecule has 4 nitrogen and oxygen atoms in total. The summed E-state index contributed by atoms with van der Waals surface area (Å²) in [7, 11) is 0. The fourth-order valence-electron chi connectivity index (χ4n) is 2.93. The Morgan fingerprint density at radius 2 is 1.61 bits per heavy atom. The smallest absolute Gasteiger partial charge is 0.242 e. The molecular weight excluding hydrogens is 366 g/mol. The van der Waals surface area contributed by atoms with Gasteiger partial charge < -0.3 is 5.32 Å². The van der Waals surface area contributed by atoms with E-state index in [2.05, 4.69) is 15.3 Å². The number of para-hydroxylation sites is 1. The summed E-state index contributed by atoms with van der Waals surface area (Å²) in [5, 5.41) is 4.34. The summed E-state index contributed by atoms with van der Waals surface area (Å²) >= 11 is 1.44. The Hall–Kier alpha value is -3.18. The van der Waals surface area contributed by atoms with Gasteiger partial charge in [0.05, 0.1) is 5.52 Å². The molecule has 1 N–H and O–H groups in total. The third-order valence-corrected chi connectivity index (χ3v) is 5.67. The molecule has 0 saturated carbocycles. The highest BCUT2D eigenvalue weighted by atomic mass is 32.2. The molecule has 3 aromatic carbocycles. The number of anilines is 1. The van der Waals surface area contributed by atoms with Crippen molar-refractivity contribution >= 4 is 34.3 Å². The highest BCUT2D eigenvalue weighted by Crippen LogP contribution is 2.37. The van der Waals surface area contributed by atoms with Crippen LogP contribution in [0.3, 0.4) is 0 Å². The Morgan fingerprint density at radius 1 is 0.893 bits per heavy atom. The van der Waals surface area contributed by atoms with Gasteiger partial charge in [0.15, 0.2) is 0 Å². The van der Waals surface area contributed by atoms with Crippen molar-refractivity contribution in [2.45, 2.75) is 17.2 Å². The third kappa shape index (κ3) is 4.05. The molecule has 0 aliphatic carbocycles. The number of thioether (sulfide) groups is 1. The van der Waals surface area contributed by atoms with Crippen LogP contribution in [0.2, 0.25) is 0 Å². The number of carbonyl (C=O) groups is 1. The second-order valence-corrected chi connectivity index (χ2v) is 7.55. The number of carbonyl (C=O) groups excluding carboxylic acids is 1. The summed E-state index contributed by atoms with van der Waals surface area (Å²) in [6.07, 6.45) is 1.55. The Labute approximate surface area is 168 Å². The van der Waals surface area contributed by atoms with E-state index in [1.165, 1.54) is 11.8 Å². The van der Waals surface area contributed by atoms with E-state index in [9.17, 15) is 4.79 Å². The quantitative estimate of drug-likeness (QED) is 0.369. The zero-order valence-corrected chi connectivity index (χ0v) is 16.2. The van der Waals surface area contributed by atoms with Crippen LogP contribution < -0.4 is 5.32 Å². The first-order chi connectivity index (χ1) is 13.7. The highest BCUT2D eigenvalue weighted by Gasteiger charge is 2.23. The SMILES string of the molecule is Cc1ccc(NC(=O)C(Sc2ncnc3ccccc23)c2ccccc2)cc1. The molecule has 0 spiro atoms. The topological polar surface area (TPSA) is 54.9 Å². The summed E-state index contributed by atoms with van der Waals surface area (Å²) in [5.41, 5.74) is 3.73. The minimum atomic E-state index is -0.430. The van der Waals surface area contributed by atoms with Gasteiger partial charge in [-0.2, -0.15) is 0 Å². The maximum absolute atomic E-state index is 13.2. The molecule has 1 atom stereocenters. The van der Waals surface area contributed by atoms with E-state index in [1.807, 2.05) is 85.8 Å². The number of hydrogen-bond donors (Lipinski definition) is 1. The minimum absolute atomic E-state index is 0.0808. The molecule has 1 heterocycles. The Kier molecular flexibility index (Phi) is 5.35. The number of hydrogen-bond acceptors (Lipinski definition) is 4. The van der Waals surface area contributed by atoms with Gasteiger partial charge in [0, 0.05) is 11.1 Å². The second kappa shape index (κ2) is 8.23. The van der Waals surface area contributed by atoms with Crippen molar-refractivity contribution in [2.24, 2.45) is 0 Å². The van der Waals surface area contributed by atoms with E-state index in [1.54, 1.807) is 6.33 Å². The number of amides is 1. The van der Waals surface area contributed by atoms with Crippen molar-refractivity contribution in [3.05, 3.63) is 96.3 Å². The average molecular weight is 385 g/mol. The average Bonchev–Trinajstić information content (AvgIpc) is 2.74. The van der Waals surface area contributed by atoms with Crippen LogP contribution in [0.25, 0.3) is 10.9 Å². The van der Waals surface area contributed by atoms with Gasteiger partial charge in [-0.1, -0.05) is 78.0 Å². The van der Waals surface area contributed by atoms with Gasteiger partial charge in [0.1, 0.15) is 16.6 Å². The molecule has 0 aliphatic heterocycles. The Morgan fingerprint density at radius 3 is 2.39 bits per heavy atom. The van der Waals surface area contributed by atoms with Crippen LogP contribution >= 0.6 is 11.8 Å². The van der Waals surface area contributed by atoms with Crippen molar-refractivity contribution < 1.29 is 4.79 Å². The van der Waals surface area contributed by atoms with Crippen LogP contribution in [0.1, 0.15) is 16.4 Å². The molecule has 0 fully saturated rings. The van der Waals surface area contributed by atoms with Crippen LogP contribution in [0, 0.1) is 6.92 Å². The molecule has 1 amide bonds. The molecule has 28 heavy (non-hydrogen) atoms. The lowest BCUT2D eigenvalue weighted by Crippen LogP contribution is -2.19. The van der Waals surface area contributed by atoms with Gasteiger partial charge in [-0.05, 0) is 30.7 Å². The first-order valence-electron chi connectivity index (χ1n) is 8.99. The van der Waals surface area contributed by atoms with E-state index >= 15 is 0 Å². The van der Waals surface area contributed by atoms with Crippen molar-refractivity contribution in [3.63, 3.8) is 0 Å². The highest BCUT2D eigenvalue weighted by molar-refractivity contribution is 8.00. The maximum atomic E-state index is 13.2. The number of nitrogens with zero attached hydrogens (tertiary/aromatic N) is 2. The van der Waals surface area contributed by atoms with Crippen LogP contribution in [0.5, 0.6) is 0 Å². The van der Waals surface area contributed by atoms with Crippen LogP contribution in [-0.4, -0.2) is 15.9 Å². The predicted molar refractivity (Wildman–Crippen MR) is 114 cm³/mol. The summed E-state index contributed by atoms with van der Waals surface area (Å²) in [6, 6.07) is 25.4. The van der Waals surface area contributed by atoms with Crippen LogP contribution in [-0.2, 0) is 4.79 Å². The Balaban J connectivity index is 1.67. The van der Waals surface area contributed by atoms with E-state index in [0.717, 1.165) is 32.7 Å². The van der Waals surface area contributed by atoms with Gasteiger partial charge in [0.25, 0.3) is 0 Å². The van der Waals surface area contributed by atoms with Gasteiger partial charge in [-0.15, -0.1) is 0 Å². The number of nitrogens with one attached hydrogen (secondary N) is 1. The molecule has 0 bridgehead atoms. The minimum Gasteiger partial charge on any atom is -0.325 e. The number of rotatable bonds is 5. The van der Waals surface area contributed by atoms with E-state index in [4.69, 9.17) is 0 Å². The molecule has 4 aromatic rings. The summed E-state index contributed by atoms with van der Waals surface area (Å²) in [5.74, 6) is -0.0808. The third-order valence-electron chi connectivity index (χ3n) is 4.40. The van der Waals surface area contributed by atoms with Crippen molar-refractivity contribution in [3.8, 4) is 0 Å². The Bertz CT molecular complexity index is 1090. The van der Waals surface area contributed by atoms with Gasteiger partial charge in [-0.3, -0.25) is 4.79 Å². The second-order valence-electron chi connectivity index (χ2n) is 6.46. The first-order valence-corrected chi connectivity index (χ1v) is 9.87. The van der Waals surface area contributed by atoms with Gasteiger partial charge in [0.2, 0.25) is 5.91 Å². The number of aryl methyl sites for hydroxylation is 1. The summed E-state index contributed by atoms with van der Waals surface area (Å²) in [6.45, 7) is 2.02. The molecule has 0 aliphatic rings. The zero-order chi connectivity index (χ0) is 19.3. The fourth-order valence-corrected chi connectivity index (χ4v) is 4.02. The molecule has 0 radical (unpaired) electrons. The zero-order valence-electron chi connectivity index (χ0n) is 15.4. The lowest BCUT2D eigenvalue weighted by atomic mass is 10.1. The van der Waals surface area contributed by atoms with E-state index in [0.29, 0.717) is 0 Å². The van der Waals surface area contributed by atoms with Crippen LogP contribution in [0.4, 0.5) is 5.69 Å². The van der Waals surface area contributed by atoms with Crippen LogP contribution in [0.15, 0.2) is 90.2 Å². The van der Waals surface area contributed by atoms with E-state index < -0.39 is 5.25 Å². The molecule has 0 saturated heterocycles. The molecule has 5 heteroatoms. The fraction of sp³-hybridized carbons (Fsp3) is 0.0870. The van der Waals surface area contributed by atoms with Crippen molar-refractivity contribution in [2.75, 3.05) is 5.32 Å². The summed E-state index contributed by atoms with van der Waals surface area (Å²) in [4.78, 5) is 21.9. The van der Waals surface area contributed by atoms with Gasteiger partial charge >= 0.3 is 0 Å². The predicted octanol–water partition coefficient (Wildman–Crippen LogP) is 5.41. The lowest BCUT2D eigenvalue weighted by Gasteiger charge is -2.17. The number of benzene rings is 3. The normalized spacial score (nSPS) is 11.9. The molecular formula is C23H19N3OS. The van der Waals surface area contributed by atoms with Gasteiger partial charge in [-0.25, -0.2) is 9.97 Å². The monoisotopic (exact) mass is 385 g/mol. The number of aromatic nitrogens is 2. The number of fused-ring (bicyclic) bond motifs is 1. The standard InChI is InChI=1S/C23H19N3OS/c1-16-11-13-18(14-12-16)26-22(27)21(17-7-3-2-4-8-17)28-23-19-9-5-6-10-20(19)24-15-25-23/h2-15,21H,1H3,(H,26,27). The largest absolute Gasteiger partial charge is 0.325 e. The summed E-state index contributed by atoms with van der Waals surface area (Å²) < 4.78 is 0. The maximum Gasteiger partial charge on any atom is 0.242 e. The molecule has 1 unspecified atom stereocenters. The molecule has 138 valence electrons. The van der Waals surface area contributed by atoms with Crippen molar-refractivity contribution in [1.82, 2.24) is 9.97 Å². The van der Waals surface area contributed by atoms with E-state index in [-0.39, 0.29) is 5.91 Å². The van der Waals surface area contributed by atoms with Crippen molar-refractivity contribution in [1.29, 1.82) is 0 Å². The first kappa shape index (κ1) is 18.2. The molecule has 1 aromatic heterocycles. The molecule has 4 rings (SSSR count).